The van der Waals surface area contributed by atoms with Crippen molar-refractivity contribution < 1.29 is 78.3 Å². The molecular formula is F3LaPr. The second-order valence-corrected chi connectivity index (χ2v) is 1.80. The third kappa shape index (κ3) is 21.8. The first kappa shape index (κ1) is 10.4. The summed E-state index contributed by atoms with van der Waals surface area (Å²) >= 11 is -5.22. The molecule has 0 heterocycles. The Morgan fingerprint density at radius 1 is 1.00 bits per heavy atom. The van der Waals surface area contributed by atoms with Gasteiger partial charge in [0.15, 0.2) is 0 Å². The Morgan fingerprint density at radius 2 is 1.00 bits per heavy atom. The van der Waals surface area contributed by atoms with Crippen molar-refractivity contribution in [3.8, 4) is 0 Å². The van der Waals surface area contributed by atoms with Crippen molar-refractivity contribution in [2.75, 3.05) is 0 Å². The van der Waals surface area contributed by atoms with Gasteiger partial charge in [0.05, 0.1) is 0 Å². The molecule has 27 valence electrons. The van der Waals surface area contributed by atoms with E-state index in [2.05, 4.69) is 0 Å². The fraction of sp³-hybridized carbons (Fsp3) is 0. The zero-order valence-electron chi connectivity index (χ0n) is 2.29. The quantitative estimate of drug-likeness (QED) is 0.625. The van der Waals surface area contributed by atoms with Gasteiger partial charge in [-0.15, -0.1) is 0 Å². The summed E-state index contributed by atoms with van der Waals surface area (Å²) in [5.74, 6) is 0. The van der Waals surface area contributed by atoms with Gasteiger partial charge in [-0.2, -0.15) is 0 Å². The average molecular weight is 337 g/mol. The molecule has 0 saturated heterocycles. The third-order valence-electron chi connectivity index (χ3n) is 0. The van der Waals surface area contributed by atoms with Crippen LogP contribution in [0.1, 0.15) is 0 Å². The van der Waals surface area contributed by atoms with Crippen molar-refractivity contribution >= 4 is 0 Å². The molecule has 0 aromatic carbocycles. The third-order valence-corrected chi connectivity index (χ3v) is 0. The Labute approximate surface area is 76.5 Å². The van der Waals surface area contributed by atoms with E-state index in [1.165, 1.54) is 0 Å². The Hall–Kier alpha value is 2.35. The molecule has 0 nitrogen and oxygen atoms in total. The molecule has 0 fully saturated rings. The van der Waals surface area contributed by atoms with Gasteiger partial charge in [0.2, 0.25) is 0 Å². The minimum absolute atomic E-state index is 0. The first-order valence-electron chi connectivity index (χ1n) is 0.655. The summed E-state index contributed by atoms with van der Waals surface area (Å²) in [5.41, 5.74) is 0. The van der Waals surface area contributed by atoms with Crippen LogP contribution in [0.25, 0.3) is 0 Å². The van der Waals surface area contributed by atoms with E-state index in [-0.39, 0.29) is 41.3 Å². The smallest absolute Gasteiger partial charge is 0 e. The summed E-state index contributed by atoms with van der Waals surface area (Å²) in [5, 5.41) is 0. The van der Waals surface area contributed by atoms with Gasteiger partial charge in [-0.05, 0) is 0 Å². The molecule has 0 aromatic rings. The second kappa shape index (κ2) is 6.35. The van der Waals surface area contributed by atoms with Crippen LogP contribution in [0.4, 0.5) is 4.81 Å². The summed E-state index contributed by atoms with van der Waals surface area (Å²) in [6.45, 7) is 0. The van der Waals surface area contributed by atoms with E-state index >= 15 is 0 Å². The topological polar surface area (TPSA) is 0 Å². The predicted octanol–water partition coefficient (Wildman–Crippen LogP) is 1.26. The van der Waals surface area contributed by atoms with E-state index in [0.717, 1.165) is 0 Å². The van der Waals surface area contributed by atoms with Gasteiger partial charge < -0.3 is 0 Å². The van der Waals surface area contributed by atoms with Crippen LogP contribution in [0.2, 0.25) is 0 Å². The minimum atomic E-state index is -5.22. The number of rotatable bonds is 0. The second-order valence-electron chi connectivity index (χ2n) is 0.247. The molecule has 0 aliphatic heterocycles. The predicted molar refractivity (Wildman–Crippen MR) is 3.32 cm³/mol. The van der Waals surface area contributed by atoms with E-state index in [9.17, 15) is 4.81 Å². The molecule has 0 saturated carbocycles. The van der Waals surface area contributed by atoms with Crippen LogP contribution in [0.3, 0.4) is 0 Å². The molecule has 0 rings (SSSR count). The average Bonchev–Trinajstić information content (AvgIpc) is 0.811. The Kier molecular flexibility index (Phi) is 13.1. The van der Waals surface area contributed by atoms with Crippen LogP contribution in [0.5, 0.6) is 0 Å². The Bertz CT molecular complexity index is 11.6. The molecule has 0 unspecified atom stereocenters. The summed E-state index contributed by atoms with van der Waals surface area (Å²) < 4.78 is 29.7. The van der Waals surface area contributed by atoms with Crippen molar-refractivity contribution in [2.45, 2.75) is 0 Å². The van der Waals surface area contributed by atoms with Crippen LogP contribution in [-0.2, 0) is 0 Å². The van der Waals surface area contributed by atoms with E-state index < -0.39 is 32.2 Å². The molecule has 0 N–H and O–H groups in total. The maximum Gasteiger partial charge on any atom is 0 e. The fourth-order valence-corrected chi connectivity index (χ4v) is 0. The van der Waals surface area contributed by atoms with E-state index in [4.69, 9.17) is 0 Å². The Morgan fingerprint density at radius 3 is 1.00 bits per heavy atom. The van der Waals surface area contributed by atoms with Gasteiger partial charge in [0.1, 0.15) is 0 Å². The normalized spacial score (nSPS) is 5.40. The monoisotopic (exact) mass is 337 g/mol. The van der Waals surface area contributed by atoms with Crippen LogP contribution < -0.4 is 0 Å². The molecule has 0 bridgehead atoms. The van der Waals surface area contributed by atoms with Crippen molar-refractivity contribution in [3.05, 3.63) is 0 Å². The maximum absolute atomic E-state index is 9.89. The molecule has 0 amide bonds. The van der Waals surface area contributed by atoms with E-state index in [0.29, 0.717) is 0 Å². The van der Waals surface area contributed by atoms with Gasteiger partial charge in [-0.25, -0.2) is 0 Å². The fourth-order valence-electron chi connectivity index (χ4n) is 0. The van der Waals surface area contributed by atoms with Gasteiger partial charge in [0, 0.05) is 41.3 Å². The first-order chi connectivity index (χ1) is 1.73. The standard InChI is InChI=1S/3FH.La.Pr/h3*1H;;/q;;;+3;/p-3. The van der Waals surface area contributed by atoms with Crippen LogP contribution >= 0.6 is 0 Å². The molecule has 1 radical (unpaired) electrons. The first-order valence-corrected chi connectivity index (χ1v) is 4.77. The van der Waals surface area contributed by atoms with Gasteiger partial charge in [-0.1, -0.05) is 0 Å². The van der Waals surface area contributed by atoms with E-state index in [1.807, 2.05) is 0 Å². The molecule has 0 spiro atoms. The molecular weight excluding hydrogens is 337 g/mol. The van der Waals surface area contributed by atoms with Crippen LogP contribution in [0, 0.1) is 73.5 Å². The number of hydrogen-bond acceptors (Lipinski definition) is 0. The number of halogens is 3. The van der Waals surface area contributed by atoms with Gasteiger partial charge in [0.25, 0.3) is 0 Å². The largest absolute Gasteiger partial charge is 0 e. The zero-order valence-corrected chi connectivity index (χ0v) is 9.62. The summed E-state index contributed by atoms with van der Waals surface area (Å²) in [4.78, 5) is 0. The summed E-state index contributed by atoms with van der Waals surface area (Å²) in [6.07, 6.45) is 0. The van der Waals surface area contributed by atoms with Crippen LogP contribution in [-0.4, -0.2) is 0 Å². The van der Waals surface area contributed by atoms with Crippen molar-refractivity contribution in [3.63, 3.8) is 0 Å². The molecule has 0 aliphatic rings. The minimum Gasteiger partial charge on any atom is 0 e. The summed E-state index contributed by atoms with van der Waals surface area (Å²) in [6, 6.07) is 0. The van der Waals surface area contributed by atoms with Crippen molar-refractivity contribution in [1.82, 2.24) is 0 Å². The van der Waals surface area contributed by atoms with E-state index in [1.54, 1.807) is 0 Å². The molecule has 5 heavy (non-hydrogen) atoms. The SMILES string of the molecule is [F][La]([F])[F].[Pr]. The van der Waals surface area contributed by atoms with Gasteiger partial charge >= 0.3 is 37.1 Å². The Balaban J connectivity index is 0. The van der Waals surface area contributed by atoms with Gasteiger partial charge in [-0.3, -0.25) is 0 Å². The van der Waals surface area contributed by atoms with Crippen LogP contribution in [0.15, 0.2) is 0 Å². The van der Waals surface area contributed by atoms with Crippen molar-refractivity contribution in [2.24, 2.45) is 0 Å². The van der Waals surface area contributed by atoms with Crippen molar-refractivity contribution in [1.29, 1.82) is 0 Å². The molecule has 0 aromatic heterocycles. The molecule has 0 atom stereocenters. The summed E-state index contributed by atoms with van der Waals surface area (Å²) in [7, 11) is 0. The maximum atomic E-state index is 9.89. The zero-order chi connectivity index (χ0) is 3.58. The molecule has 5 heteroatoms. The molecule has 0 aliphatic carbocycles. The number of hydrogen-bond donors (Lipinski definition) is 0.